The Morgan fingerprint density at radius 3 is 2.57 bits per heavy atom. The minimum Gasteiger partial charge on any atom is -0.454 e. The van der Waals surface area contributed by atoms with Crippen LogP contribution in [0.3, 0.4) is 0 Å². The first-order valence-corrected chi connectivity index (χ1v) is 9.44. The average Bonchev–Trinajstić information content (AvgIpc) is 3.42. The second-order valence-corrected chi connectivity index (χ2v) is 7.27. The van der Waals surface area contributed by atoms with Crippen LogP contribution in [0.1, 0.15) is 28.4 Å². The van der Waals surface area contributed by atoms with Gasteiger partial charge in [0, 0.05) is 44.5 Å². The maximum absolute atomic E-state index is 12.9. The van der Waals surface area contributed by atoms with Crippen LogP contribution in [0.15, 0.2) is 36.8 Å². The molecule has 0 spiro atoms. The lowest BCUT2D eigenvalue weighted by Crippen LogP contribution is -2.51. The quantitative estimate of drug-likeness (QED) is 0.798. The van der Waals surface area contributed by atoms with E-state index in [1.165, 1.54) is 12.4 Å². The van der Waals surface area contributed by atoms with E-state index >= 15 is 0 Å². The topological polar surface area (TPSA) is 84.9 Å². The number of benzene rings is 1. The summed E-state index contributed by atoms with van der Waals surface area (Å²) >= 11 is 0. The fourth-order valence-electron chi connectivity index (χ4n) is 3.92. The molecule has 5 rings (SSSR count). The number of aromatic nitrogens is 2. The van der Waals surface area contributed by atoms with Gasteiger partial charge in [0.15, 0.2) is 11.5 Å². The molecule has 28 heavy (non-hydrogen) atoms. The highest BCUT2D eigenvalue weighted by molar-refractivity contribution is 5.92. The lowest BCUT2D eigenvalue weighted by atomic mass is 10.1. The summed E-state index contributed by atoms with van der Waals surface area (Å²) in [6.45, 7) is 2.39. The normalized spacial score (nSPS) is 22.9. The van der Waals surface area contributed by atoms with Crippen molar-refractivity contribution in [1.82, 2.24) is 19.8 Å². The molecule has 0 radical (unpaired) electrons. The molecule has 8 nitrogen and oxygen atoms in total. The molecule has 1 aromatic heterocycles. The molecule has 2 aliphatic heterocycles. The zero-order valence-electron chi connectivity index (χ0n) is 15.3. The highest BCUT2D eigenvalue weighted by atomic mass is 16.7. The Hall–Kier alpha value is -3.16. The molecule has 0 N–H and O–H groups in total. The number of rotatable bonds is 3. The van der Waals surface area contributed by atoms with Crippen molar-refractivity contribution in [2.24, 2.45) is 5.92 Å². The predicted octanol–water partition coefficient (Wildman–Crippen LogP) is 1.29. The number of ether oxygens (including phenoxy) is 2. The van der Waals surface area contributed by atoms with Crippen LogP contribution in [0.4, 0.5) is 0 Å². The van der Waals surface area contributed by atoms with Crippen molar-refractivity contribution in [3.05, 3.63) is 48.0 Å². The van der Waals surface area contributed by atoms with Crippen LogP contribution in [0.25, 0.3) is 0 Å². The molecule has 0 bridgehead atoms. The highest BCUT2D eigenvalue weighted by Crippen LogP contribution is 2.50. The summed E-state index contributed by atoms with van der Waals surface area (Å²) in [5.74, 6) is 1.81. The van der Waals surface area contributed by atoms with E-state index in [0.717, 1.165) is 23.5 Å². The average molecular weight is 380 g/mol. The summed E-state index contributed by atoms with van der Waals surface area (Å²) in [5, 5.41) is 0. The van der Waals surface area contributed by atoms with Gasteiger partial charge in [-0.1, -0.05) is 6.07 Å². The first-order chi connectivity index (χ1) is 13.7. The Balaban J connectivity index is 1.17. The van der Waals surface area contributed by atoms with Crippen LogP contribution >= 0.6 is 0 Å². The van der Waals surface area contributed by atoms with Gasteiger partial charge in [0.2, 0.25) is 12.7 Å². The summed E-state index contributed by atoms with van der Waals surface area (Å²) in [4.78, 5) is 36.9. The lowest BCUT2D eigenvalue weighted by Gasteiger charge is -2.34. The van der Waals surface area contributed by atoms with Crippen LogP contribution in [0, 0.1) is 5.92 Å². The summed E-state index contributed by atoms with van der Waals surface area (Å²) < 4.78 is 10.8. The number of nitrogens with zero attached hydrogens (tertiary/aromatic N) is 4. The largest absolute Gasteiger partial charge is 0.454 e. The maximum Gasteiger partial charge on any atom is 0.274 e. The van der Waals surface area contributed by atoms with Crippen LogP contribution in [0.2, 0.25) is 0 Å². The number of hydrogen-bond donors (Lipinski definition) is 0. The van der Waals surface area contributed by atoms with E-state index < -0.39 is 0 Å². The van der Waals surface area contributed by atoms with Gasteiger partial charge in [-0.15, -0.1) is 0 Å². The highest BCUT2D eigenvalue weighted by Gasteiger charge is 2.46. The first kappa shape index (κ1) is 17.0. The second-order valence-electron chi connectivity index (χ2n) is 7.27. The van der Waals surface area contributed by atoms with Crippen molar-refractivity contribution in [2.45, 2.75) is 12.3 Å². The van der Waals surface area contributed by atoms with E-state index in [2.05, 4.69) is 9.97 Å². The van der Waals surface area contributed by atoms with Crippen LogP contribution in [0.5, 0.6) is 11.5 Å². The molecule has 1 aromatic carbocycles. The summed E-state index contributed by atoms with van der Waals surface area (Å²) in [6.07, 6.45) is 5.38. The Kier molecular flexibility index (Phi) is 4.11. The molecule has 2 aromatic rings. The summed E-state index contributed by atoms with van der Waals surface area (Å²) in [6, 6.07) is 5.91. The number of piperazine rings is 1. The standard InChI is InChI=1S/C20H20N4O4/c25-19(15-10-14(15)13-1-2-17-18(9-13)28-12-27-17)23-5-7-24(8-6-23)20(26)16-11-21-3-4-22-16/h1-4,9,11,14-15H,5-8,10,12H2. The van der Waals surface area contributed by atoms with Crippen molar-refractivity contribution in [3.8, 4) is 11.5 Å². The maximum atomic E-state index is 12.9. The molecule has 1 saturated heterocycles. The van der Waals surface area contributed by atoms with Crippen LogP contribution in [-0.2, 0) is 4.79 Å². The fraction of sp³-hybridized carbons (Fsp3) is 0.400. The predicted molar refractivity (Wildman–Crippen MR) is 97.9 cm³/mol. The zero-order valence-corrected chi connectivity index (χ0v) is 15.3. The molecule has 2 amide bonds. The van der Waals surface area contributed by atoms with Crippen molar-refractivity contribution in [3.63, 3.8) is 0 Å². The van der Waals surface area contributed by atoms with Crippen LogP contribution < -0.4 is 9.47 Å². The molecular weight excluding hydrogens is 360 g/mol. The van der Waals surface area contributed by atoms with Gasteiger partial charge in [-0.25, -0.2) is 4.98 Å². The van der Waals surface area contributed by atoms with Crippen molar-refractivity contribution in [2.75, 3.05) is 33.0 Å². The zero-order chi connectivity index (χ0) is 19.1. The van der Waals surface area contributed by atoms with E-state index in [1.54, 1.807) is 11.1 Å². The third kappa shape index (κ3) is 3.04. The van der Waals surface area contributed by atoms with Gasteiger partial charge < -0.3 is 19.3 Å². The van der Waals surface area contributed by atoms with Gasteiger partial charge in [-0.05, 0) is 30.0 Å². The number of hydrogen-bond acceptors (Lipinski definition) is 6. The minimum absolute atomic E-state index is 0.0163. The van der Waals surface area contributed by atoms with E-state index in [4.69, 9.17) is 9.47 Å². The molecule has 2 unspecified atom stereocenters. The summed E-state index contributed by atoms with van der Waals surface area (Å²) in [7, 11) is 0. The van der Waals surface area contributed by atoms with Gasteiger partial charge in [0.05, 0.1) is 6.20 Å². The Bertz CT molecular complexity index is 912. The van der Waals surface area contributed by atoms with Crippen molar-refractivity contribution < 1.29 is 19.1 Å². The number of fused-ring (bicyclic) bond motifs is 1. The summed E-state index contributed by atoms with van der Waals surface area (Å²) in [5.41, 5.74) is 1.46. The third-order valence-corrected chi connectivity index (χ3v) is 5.59. The molecule has 1 aliphatic carbocycles. The monoisotopic (exact) mass is 380 g/mol. The molecule has 144 valence electrons. The van der Waals surface area contributed by atoms with Crippen molar-refractivity contribution in [1.29, 1.82) is 0 Å². The number of carbonyl (C=O) groups excluding carboxylic acids is 2. The Labute approximate surface area is 162 Å². The molecule has 2 fully saturated rings. The number of amides is 2. The van der Waals surface area contributed by atoms with E-state index in [0.29, 0.717) is 31.9 Å². The SMILES string of the molecule is O=C(c1cnccn1)N1CCN(C(=O)C2CC2c2ccc3c(c2)OCO3)CC1. The second kappa shape index (κ2) is 6.78. The minimum atomic E-state index is -0.134. The molecule has 8 heteroatoms. The Morgan fingerprint density at radius 1 is 1.00 bits per heavy atom. The van der Waals surface area contributed by atoms with E-state index in [-0.39, 0.29) is 30.4 Å². The molecule has 2 atom stereocenters. The van der Waals surface area contributed by atoms with Gasteiger partial charge in [0.25, 0.3) is 5.91 Å². The van der Waals surface area contributed by atoms with Gasteiger partial charge in [-0.2, -0.15) is 0 Å². The van der Waals surface area contributed by atoms with E-state index in [1.807, 2.05) is 23.1 Å². The van der Waals surface area contributed by atoms with Gasteiger partial charge in [-0.3, -0.25) is 14.6 Å². The van der Waals surface area contributed by atoms with Gasteiger partial charge in [0.1, 0.15) is 5.69 Å². The van der Waals surface area contributed by atoms with Gasteiger partial charge >= 0.3 is 0 Å². The molecule has 3 aliphatic rings. The Morgan fingerprint density at radius 2 is 1.79 bits per heavy atom. The molecular formula is C20H20N4O4. The van der Waals surface area contributed by atoms with Crippen molar-refractivity contribution >= 4 is 11.8 Å². The number of carbonyl (C=O) groups is 2. The molecule has 1 saturated carbocycles. The fourth-order valence-corrected chi connectivity index (χ4v) is 3.92. The molecule has 3 heterocycles. The third-order valence-electron chi connectivity index (χ3n) is 5.59. The lowest BCUT2D eigenvalue weighted by molar-refractivity contribution is -0.134. The van der Waals surface area contributed by atoms with Crippen LogP contribution in [-0.4, -0.2) is 64.6 Å². The van der Waals surface area contributed by atoms with E-state index in [9.17, 15) is 9.59 Å². The smallest absolute Gasteiger partial charge is 0.274 e. The first-order valence-electron chi connectivity index (χ1n) is 9.44.